The third-order valence-corrected chi connectivity index (χ3v) is 7.18. The van der Waals surface area contributed by atoms with E-state index >= 15 is 0 Å². The molecule has 1 saturated heterocycles. The highest BCUT2D eigenvalue weighted by Gasteiger charge is 2.58. The van der Waals surface area contributed by atoms with Crippen LogP contribution in [0.25, 0.3) is 11.3 Å². The number of hydrogen-bond donors (Lipinski definition) is 1. The molecule has 0 radical (unpaired) electrons. The van der Waals surface area contributed by atoms with E-state index in [2.05, 4.69) is 15.0 Å². The molecular formula is C22H26F5N5O. The Morgan fingerprint density at radius 3 is 2.58 bits per heavy atom. The Kier molecular flexibility index (Phi) is 5.80. The van der Waals surface area contributed by atoms with Gasteiger partial charge in [0.15, 0.2) is 0 Å². The van der Waals surface area contributed by atoms with E-state index in [0.29, 0.717) is 23.6 Å². The number of nitrogens with two attached hydrogens (primary N) is 1. The van der Waals surface area contributed by atoms with Crippen molar-refractivity contribution in [2.75, 3.05) is 32.0 Å². The highest BCUT2D eigenvalue weighted by Crippen LogP contribution is 2.64. The topological polar surface area (TPSA) is 69.2 Å². The average molecular weight is 471 g/mol. The molecule has 0 amide bonds. The molecule has 11 heteroatoms. The van der Waals surface area contributed by atoms with Crippen molar-refractivity contribution in [2.45, 2.75) is 50.4 Å². The quantitative estimate of drug-likeness (QED) is 0.667. The predicted octanol–water partition coefficient (Wildman–Crippen LogP) is 4.03. The minimum absolute atomic E-state index is 0.105. The van der Waals surface area contributed by atoms with Crippen LogP contribution < -0.4 is 5.73 Å². The Labute approximate surface area is 187 Å². The van der Waals surface area contributed by atoms with Gasteiger partial charge < -0.3 is 10.5 Å². The first-order chi connectivity index (χ1) is 15.7. The van der Waals surface area contributed by atoms with Crippen LogP contribution in [0, 0.1) is 11.8 Å². The molecule has 5 rings (SSSR count). The molecular weight excluding hydrogens is 445 g/mol. The molecule has 3 aliphatic rings. The van der Waals surface area contributed by atoms with Crippen LogP contribution in [0.4, 0.5) is 27.8 Å². The Morgan fingerprint density at radius 2 is 1.88 bits per heavy atom. The molecule has 2 aliphatic carbocycles. The number of pyridine rings is 1. The number of nitrogens with zero attached hydrogens (tertiary/aromatic N) is 4. The summed E-state index contributed by atoms with van der Waals surface area (Å²) in [6, 6.07) is 3.00. The number of rotatable bonds is 5. The molecule has 1 aliphatic heterocycles. The van der Waals surface area contributed by atoms with Gasteiger partial charge in [0.1, 0.15) is 12.4 Å². The van der Waals surface area contributed by atoms with E-state index in [9.17, 15) is 22.0 Å². The fourth-order valence-electron chi connectivity index (χ4n) is 5.64. The maximum atomic E-state index is 13.3. The van der Waals surface area contributed by atoms with E-state index in [0.717, 1.165) is 51.6 Å². The smallest absolute Gasteiger partial charge is 0.383 e. The molecule has 2 aromatic heterocycles. The van der Waals surface area contributed by atoms with Crippen LogP contribution in [0.2, 0.25) is 0 Å². The Bertz CT molecular complexity index is 990. The van der Waals surface area contributed by atoms with Crippen LogP contribution >= 0.6 is 0 Å². The molecule has 3 fully saturated rings. The number of nitrogen functional groups attached to an aromatic ring is 1. The highest BCUT2D eigenvalue weighted by molar-refractivity contribution is 5.63. The van der Waals surface area contributed by atoms with Crippen molar-refractivity contribution < 1.29 is 26.7 Å². The lowest BCUT2D eigenvalue weighted by atomic mass is 10.0. The first kappa shape index (κ1) is 22.5. The van der Waals surface area contributed by atoms with Gasteiger partial charge in [-0.15, -0.1) is 0 Å². The zero-order chi connectivity index (χ0) is 23.3. The van der Waals surface area contributed by atoms with Crippen molar-refractivity contribution in [1.82, 2.24) is 19.7 Å². The van der Waals surface area contributed by atoms with Crippen molar-refractivity contribution in [3.05, 3.63) is 29.6 Å². The number of hydrogen-bond acceptors (Lipinski definition) is 5. The van der Waals surface area contributed by atoms with Crippen molar-refractivity contribution in [3.8, 4) is 11.3 Å². The van der Waals surface area contributed by atoms with Gasteiger partial charge in [-0.25, -0.2) is 13.8 Å². The lowest BCUT2D eigenvalue weighted by Gasteiger charge is -2.28. The average Bonchev–Trinajstić information content (AvgIpc) is 3.13. The first-order valence-electron chi connectivity index (χ1n) is 11.2. The summed E-state index contributed by atoms with van der Waals surface area (Å²) in [5.41, 5.74) is 5.32. The van der Waals surface area contributed by atoms with Gasteiger partial charge in [0.05, 0.1) is 17.9 Å². The second-order valence-corrected chi connectivity index (χ2v) is 9.16. The highest BCUT2D eigenvalue weighted by atomic mass is 19.4. The molecule has 1 unspecified atom stereocenters. The van der Waals surface area contributed by atoms with Crippen molar-refractivity contribution >= 4 is 5.82 Å². The van der Waals surface area contributed by atoms with Crippen LogP contribution in [0.5, 0.6) is 0 Å². The minimum Gasteiger partial charge on any atom is -0.383 e. The predicted molar refractivity (Wildman–Crippen MR) is 111 cm³/mol. The largest absolute Gasteiger partial charge is 0.419 e. The number of fused-ring (bicyclic) bond motifs is 1. The van der Waals surface area contributed by atoms with Gasteiger partial charge >= 0.3 is 6.18 Å². The van der Waals surface area contributed by atoms with Crippen molar-refractivity contribution in [2.24, 2.45) is 11.8 Å². The van der Waals surface area contributed by atoms with Crippen LogP contribution in [-0.2, 0) is 17.5 Å². The van der Waals surface area contributed by atoms with Gasteiger partial charge in [-0.05, 0) is 43.2 Å². The van der Waals surface area contributed by atoms with E-state index in [1.807, 2.05) is 0 Å². The standard InChI is InChI=1S/C22H26F5N5O/c23-19(24)11-32-18(9-17(30-32)12-6-16(22(25,26)27)21(28)29-10-12)20-14-7-13(8-15(14)20)31-2-1-4-33-5-3-31/h6,9-10,13-15,19-20H,1-5,7-8,11H2,(H2,28,29)/t13?,14-,15+,20-. The maximum Gasteiger partial charge on any atom is 0.419 e. The SMILES string of the molecule is Nc1ncc(-c2cc([C@@H]3[C@@H]4CC(N5CCCOCC5)C[C@@H]43)n(CC(F)F)n2)cc1C(F)(F)F. The molecule has 0 bridgehead atoms. The molecule has 3 heterocycles. The van der Waals surface area contributed by atoms with Crippen LogP contribution in [-0.4, -0.2) is 58.4 Å². The number of halogens is 5. The van der Waals surface area contributed by atoms with Crippen molar-refractivity contribution in [3.63, 3.8) is 0 Å². The fraction of sp³-hybridized carbons (Fsp3) is 0.636. The van der Waals surface area contributed by atoms with Gasteiger partial charge in [-0.1, -0.05) is 0 Å². The summed E-state index contributed by atoms with van der Waals surface area (Å²) in [7, 11) is 0. The van der Waals surface area contributed by atoms with Crippen LogP contribution in [0.3, 0.4) is 0 Å². The van der Waals surface area contributed by atoms with Gasteiger partial charge in [-0.2, -0.15) is 18.3 Å². The van der Waals surface area contributed by atoms with E-state index in [1.165, 1.54) is 10.9 Å². The summed E-state index contributed by atoms with van der Waals surface area (Å²) in [6.45, 7) is 2.84. The Balaban J connectivity index is 1.37. The van der Waals surface area contributed by atoms with Crippen LogP contribution in [0.15, 0.2) is 18.3 Å². The molecule has 0 aromatic carbocycles. The zero-order valence-electron chi connectivity index (χ0n) is 17.9. The normalized spacial score (nSPS) is 28.2. The lowest BCUT2D eigenvalue weighted by molar-refractivity contribution is -0.137. The summed E-state index contributed by atoms with van der Waals surface area (Å²) in [6.07, 6.45) is -3.08. The van der Waals surface area contributed by atoms with E-state index in [4.69, 9.17) is 10.5 Å². The molecule has 33 heavy (non-hydrogen) atoms. The first-order valence-corrected chi connectivity index (χ1v) is 11.2. The molecule has 2 N–H and O–H groups in total. The molecule has 180 valence electrons. The molecule has 0 spiro atoms. The maximum absolute atomic E-state index is 13.3. The second-order valence-electron chi connectivity index (χ2n) is 9.16. The molecule has 6 nitrogen and oxygen atoms in total. The molecule has 2 saturated carbocycles. The summed E-state index contributed by atoms with van der Waals surface area (Å²) in [4.78, 5) is 6.12. The lowest BCUT2D eigenvalue weighted by Crippen LogP contribution is -2.36. The third-order valence-electron chi connectivity index (χ3n) is 7.18. The summed E-state index contributed by atoms with van der Waals surface area (Å²) in [5.74, 6) is 0.249. The Hall–Kier alpha value is -2.27. The minimum atomic E-state index is -4.66. The summed E-state index contributed by atoms with van der Waals surface area (Å²) in [5, 5.41) is 4.24. The fourth-order valence-corrected chi connectivity index (χ4v) is 5.64. The third kappa shape index (κ3) is 4.44. The van der Waals surface area contributed by atoms with E-state index in [1.54, 1.807) is 6.07 Å². The number of anilines is 1. The van der Waals surface area contributed by atoms with Gasteiger partial charge in [0.2, 0.25) is 0 Å². The van der Waals surface area contributed by atoms with Crippen LogP contribution in [0.1, 0.15) is 36.4 Å². The molecule has 2 aromatic rings. The molecule has 4 atom stereocenters. The second kappa shape index (κ2) is 8.50. The van der Waals surface area contributed by atoms with Gasteiger partial charge in [0, 0.05) is 49.1 Å². The van der Waals surface area contributed by atoms with E-state index < -0.39 is 30.5 Å². The van der Waals surface area contributed by atoms with E-state index in [-0.39, 0.29) is 17.2 Å². The zero-order valence-corrected chi connectivity index (χ0v) is 17.9. The van der Waals surface area contributed by atoms with Gasteiger partial charge in [0.25, 0.3) is 6.43 Å². The summed E-state index contributed by atoms with van der Waals surface area (Å²) >= 11 is 0. The van der Waals surface area contributed by atoms with Crippen molar-refractivity contribution in [1.29, 1.82) is 0 Å². The summed E-state index contributed by atoms with van der Waals surface area (Å²) < 4.78 is 73.1. The number of ether oxygens (including phenoxy) is 1. The number of alkyl halides is 5. The Morgan fingerprint density at radius 1 is 1.12 bits per heavy atom. The van der Waals surface area contributed by atoms with Gasteiger partial charge in [-0.3, -0.25) is 9.58 Å². The monoisotopic (exact) mass is 471 g/mol. The number of aromatic nitrogens is 3.